The molecule has 0 saturated carbocycles. The van der Waals surface area contributed by atoms with Crippen LogP contribution in [0.3, 0.4) is 0 Å². The molecular formula is C15H11ClF2N2O4. The molecule has 24 heavy (non-hydrogen) atoms. The van der Waals surface area contributed by atoms with E-state index < -0.39 is 17.4 Å². The van der Waals surface area contributed by atoms with E-state index in [1.807, 2.05) is 0 Å². The Kier molecular flexibility index (Phi) is 5.64. The lowest BCUT2D eigenvalue weighted by molar-refractivity contribution is -0.384. The van der Waals surface area contributed by atoms with E-state index >= 15 is 0 Å². The molecular weight excluding hydrogens is 346 g/mol. The van der Waals surface area contributed by atoms with Crippen LogP contribution in [0.1, 0.15) is 15.9 Å². The summed E-state index contributed by atoms with van der Waals surface area (Å²) in [6.07, 6.45) is 0. The third kappa shape index (κ3) is 4.39. The fraction of sp³-hybridized carbons (Fsp3) is 0.133. The van der Waals surface area contributed by atoms with E-state index in [-0.39, 0.29) is 28.6 Å². The number of amides is 1. The second-order valence-corrected chi connectivity index (χ2v) is 5.00. The van der Waals surface area contributed by atoms with Crippen LogP contribution in [0.15, 0.2) is 42.5 Å². The number of nitrogens with one attached hydrogen (secondary N) is 1. The van der Waals surface area contributed by atoms with Crippen LogP contribution < -0.4 is 10.1 Å². The van der Waals surface area contributed by atoms with Crippen LogP contribution in [0, 0.1) is 10.1 Å². The lowest BCUT2D eigenvalue weighted by atomic mass is 10.1. The molecule has 0 radical (unpaired) electrons. The molecule has 1 N–H and O–H groups in total. The molecule has 0 heterocycles. The van der Waals surface area contributed by atoms with Gasteiger partial charge < -0.3 is 10.1 Å². The minimum atomic E-state index is -2.98. The summed E-state index contributed by atoms with van der Waals surface area (Å²) in [6, 6.07) is 9.44. The fourth-order valence-corrected chi connectivity index (χ4v) is 2.19. The van der Waals surface area contributed by atoms with Gasteiger partial charge in [-0.1, -0.05) is 29.8 Å². The van der Waals surface area contributed by atoms with Crippen molar-refractivity contribution in [1.29, 1.82) is 0 Å². The normalized spacial score (nSPS) is 10.5. The average molecular weight is 357 g/mol. The van der Waals surface area contributed by atoms with Crippen LogP contribution in [-0.2, 0) is 6.54 Å². The molecule has 1 amide bonds. The maximum absolute atomic E-state index is 12.3. The minimum absolute atomic E-state index is 0.0366. The summed E-state index contributed by atoms with van der Waals surface area (Å²) in [7, 11) is 0. The van der Waals surface area contributed by atoms with E-state index in [2.05, 4.69) is 10.1 Å². The van der Waals surface area contributed by atoms with Crippen molar-refractivity contribution < 1.29 is 23.2 Å². The molecule has 6 nitrogen and oxygen atoms in total. The molecule has 0 unspecified atom stereocenters. The number of para-hydroxylation sites is 1. The zero-order valence-electron chi connectivity index (χ0n) is 12.0. The van der Waals surface area contributed by atoms with E-state index in [1.54, 1.807) is 6.07 Å². The summed E-state index contributed by atoms with van der Waals surface area (Å²) in [6.45, 7) is -3.05. The van der Waals surface area contributed by atoms with Gasteiger partial charge in [0.2, 0.25) is 0 Å². The van der Waals surface area contributed by atoms with Gasteiger partial charge >= 0.3 is 6.61 Å². The Balaban J connectivity index is 2.10. The zero-order valence-corrected chi connectivity index (χ0v) is 12.8. The Morgan fingerprint density at radius 3 is 2.62 bits per heavy atom. The van der Waals surface area contributed by atoms with E-state index in [9.17, 15) is 23.7 Å². The van der Waals surface area contributed by atoms with Gasteiger partial charge in [0, 0.05) is 24.2 Å². The molecule has 2 aromatic carbocycles. The Labute approximate surface area is 140 Å². The highest BCUT2D eigenvalue weighted by molar-refractivity contribution is 6.34. The molecule has 126 valence electrons. The van der Waals surface area contributed by atoms with E-state index in [0.717, 1.165) is 12.1 Å². The van der Waals surface area contributed by atoms with Crippen LogP contribution in [-0.4, -0.2) is 17.4 Å². The highest BCUT2D eigenvalue weighted by atomic mass is 35.5. The van der Waals surface area contributed by atoms with Gasteiger partial charge in [-0.25, -0.2) is 0 Å². The second kappa shape index (κ2) is 7.69. The van der Waals surface area contributed by atoms with Crippen LogP contribution >= 0.6 is 11.6 Å². The van der Waals surface area contributed by atoms with Crippen molar-refractivity contribution in [2.24, 2.45) is 0 Å². The van der Waals surface area contributed by atoms with Crippen LogP contribution in [0.25, 0.3) is 0 Å². The highest BCUT2D eigenvalue weighted by Gasteiger charge is 2.16. The molecule has 0 aliphatic carbocycles. The number of nitrogens with zero attached hydrogens (tertiary/aromatic N) is 1. The summed E-state index contributed by atoms with van der Waals surface area (Å²) in [4.78, 5) is 22.1. The van der Waals surface area contributed by atoms with Crippen LogP contribution in [0.2, 0.25) is 5.02 Å². The second-order valence-electron chi connectivity index (χ2n) is 4.59. The number of benzene rings is 2. The van der Waals surface area contributed by atoms with Crippen molar-refractivity contribution in [3.05, 3.63) is 68.7 Å². The first-order valence-electron chi connectivity index (χ1n) is 6.63. The first-order valence-corrected chi connectivity index (χ1v) is 7.01. The minimum Gasteiger partial charge on any atom is -0.434 e. The first-order chi connectivity index (χ1) is 11.4. The van der Waals surface area contributed by atoms with E-state index in [0.29, 0.717) is 5.56 Å². The van der Waals surface area contributed by atoms with Crippen molar-refractivity contribution >= 4 is 23.2 Å². The van der Waals surface area contributed by atoms with E-state index in [1.165, 1.54) is 24.3 Å². The number of carbonyl (C=O) groups is 1. The van der Waals surface area contributed by atoms with Gasteiger partial charge in [0.1, 0.15) is 5.75 Å². The summed E-state index contributed by atoms with van der Waals surface area (Å²) in [5, 5.41) is 13.1. The summed E-state index contributed by atoms with van der Waals surface area (Å²) >= 11 is 5.86. The zero-order chi connectivity index (χ0) is 17.7. The molecule has 9 heteroatoms. The number of nitro groups is 1. The Morgan fingerprint density at radius 1 is 1.29 bits per heavy atom. The number of ether oxygens (including phenoxy) is 1. The lowest BCUT2D eigenvalue weighted by Gasteiger charge is -2.11. The van der Waals surface area contributed by atoms with Gasteiger partial charge in [-0.2, -0.15) is 8.78 Å². The standard InChI is InChI=1S/C15H11ClF2N2O4/c16-12-7-10(20(22)23)5-6-11(12)14(21)19-8-9-3-1-2-4-13(9)24-15(17)18/h1-7,15H,8H2,(H,19,21). The third-order valence-corrected chi connectivity index (χ3v) is 3.35. The van der Waals surface area contributed by atoms with Crippen molar-refractivity contribution in [3.63, 3.8) is 0 Å². The maximum atomic E-state index is 12.3. The Bertz CT molecular complexity index is 771. The number of rotatable bonds is 6. The van der Waals surface area contributed by atoms with Crippen molar-refractivity contribution in [2.75, 3.05) is 0 Å². The van der Waals surface area contributed by atoms with Gasteiger partial charge in [0.05, 0.1) is 15.5 Å². The lowest BCUT2D eigenvalue weighted by Crippen LogP contribution is -2.23. The summed E-state index contributed by atoms with van der Waals surface area (Å²) in [5.41, 5.74) is 0.144. The molecule has 0 spiro atoms. The van der Waals surface area contributed by atoms with Crippen LogP contribution in [0.4, 0.5) is 14.5 Å². The average Bonchev–Trinajstić information content (AvgIpc) is 2.53. The number of carbonyl (C=O) groups excluding carboxylic acids is 1. The van der Waals surface area contributed by atoms with Crippen molar-refractivity contribution in [3.8, 4) is 5.75 Å². The number of halogens is 3. The van der Waals surface area contributed by atoms with Gasteiger partial charge in [-0.3, -0.25) is 14.9 Å². The topological polar surface area (TPSA) is 81.5 Å². The number of hydrogen-bond donors (Lipinski definition) is 1. The highest BCUT2D eigenvalue weighted by Crippen LogP contribution is 2.23. The molecule has 0 bridgehead atoms. The van der Waals surface area contributed by atoms with Crippen LogP contribution in [0.5, 0.6) is 5.75 Å². The SMILES string of the molecule is O=C(NCc1ccccc1OC(F)F)c1ccc([N+](=O)[O-])cc1Cl. The third-order valence-electron chi connectivity index (χ3n) is 3.04. The predicted octanol–water partition coefficient (Wildman–Crippen LogP) is 3.78. The smallest absolute Gasteiger partial charge is 0.387 e. The molecule has 2 rings (SSSR count). The molecule has 0 aliphatic rings. The molecule has 2 aromatic rings. The Morgan fingerprint density at radius 2 is 2.00 bits per heavy atom. The summed E-state index contributed by atoms with van der Waals surface area (Å²) in [5.74, 6) is -0.649. The Hall–Kier alpha value is -2.74. The van der Waals surface area contributed by atoms with Gasteiger partial charge in [0.25, 0.3) is 11.6 Å². The number of alkyl halides is 2. The quantitative estimate of drug-likeness (QED) is 0.631. The fourth-order valence-electron chi connectivity index (χ4n) is 1.93. The molecule has 0 saturated heterocycles. The van der Waals surface area contributed by atoms with Crippen molar-refractivity contribution in [1.82, 2.24) is 5.32 Å². The number of non-ortho nitro benzene ring substituents is 1. The summed E-state index contributed by atoms with van der Waals surface area (Å²) < 4.78 is 29.0. The van der Waals surface area contributed by atoms with Gasteiger partial charge in [-0.15, -0.1) is 0 Å². The van der Waals surface area contributed by atoms with Gasteiger partial charge in [-0.05, 0) is 12.1 Å². The molecule has 0 aromatic heterocycles. The van der Waals surface area contributed by atoms with Crippen molar-refractivity contribution in [2.45, 2.75) is 13.2 Å². The van der Waals surface area contributed by atoms with E-state index in [4.69, 9.17) is 11.6 Å². The molecule has 0 fully saturated rings. The molecule has 0 atom stereocenters. The first kappa shape index (κ1) is 17.6. The maximum Gasteiger partial charge on any atom is 0.387 e. The monoisotopic (exact) mass is 356 g/mol. The predicted molar refractivity (Wildman–Crippen MR) is 82.4 cm³/mol. The number of hydrogen-bond acceptors (Lipinski definition) is 4. The number of nitro benzene ring substituents is 1. The van der Waals surface area contributed by atoms with Gasteiger partial charge in [0.15, 0.2) is 0 Å². The largest absolute Gasteiger partial charge is 0.434 e. The molecule has 0 aliphatic heterocycles.